The molecule has 0 rings (SSSR count). The first-order valence-corrected chi connectivity index (χ1v) is 6.75. The van der Waals surface area contributed by atoms with Crippen LogP contribution in [0.3, 0.4) is 0 Å². The number of carbonyl (C=O) groups is 1. The maximum Gasteiger partial charge on any atom is 0.325 e. The van der Waals surface area contributed by atoms with Crippen LogP contribution in [0, 0.1) is 0 Å². The number of carbonyl (C=O) groups excluding carboxylic acids is 1. The summed E-state index contributed by atoms with van der Waals surface area (Å²) < 4.78 is 15.5. The van der Waals surface area contributed by atoms with Crippen molar-refractivity contribution < 1.29 is 19.0 Å². The molecule has 0 aliphatic rings. The van der Waals surface area contributed by atoms with E-state index < -0.39 is 5.54 Å². The van der Waals surface area contributed by atoms with Crippen molar-refractivity contribution in [3.63, 3.8) is 0 Å². The van der Waals surface area contributed by atoms with E-state index in [0.717, 1.165) is 19.3 Å². The predicted molar refractivity (Wildman–Crippen MR) is 75.0 cm³/mol. The van der Waals surface area contributed by atoms with Crippen molar-refractivity contribution in [2.75, 3.05) is 27.4 Å². The van der Waals surface area contributed by atoms with E-state index in [4.69, 9.17) is 15.2 Å². The molecule has 0 aromatic heterocycles. The first-order chi connectivity index (χ1) is 8.75. The lowest BCUT2D eigenvalue weighted by atomic mass is 9.96. The number of methoxy groups -OCH3 is 2. The predicted octanol–water partition coefficient (Wildman–Crippen LogP) is 1.88. The van der Waals surface area contributed by atoms with Gasteiger partial charge in [-0.1, -0.05) is 0 Å². The highest BCUT2D eigenvalue weighted by Gasteiger charge is 2.28. The van der Waals surface area contributed by atoms with Crippen molar-refractivity contribution in [3.05, 3.63) is 0 Å². The molecule has 5 heteroatoms. The van der Waals surface area contributed by atoms with Crippen LogP contribution in [0.25, 0.3) is 0 Å². The van der Waals surface area contributed by atoms with E-state index in [1.165, 1.54) is 7.11 Å². The molecule has 0 amide bonds. The van der Waals surface area contributed by atoms with E-state index in [-0.39, 0.29) is 11.6 Å². The number of hydrogen-bond donors (Lipinski definition) is 1. The molecule has 0 heterocycles. The molecule has 2 N–H and O–H groups in total. The van der Waals surface area contributed by atoms with E-state index in [0.29, 0.717) is 19.6 Å². The summed E-state index contributed by atoms with van der Waals surface area (Å²) in [5.41, 5.74) is 4.82. The number of nitrogens with two attached hydrogens (primary N) is 1. The van der Waals surface area contributed by atoms with Gasteiger partial charge in [-0.2, -0.15) is 0 Å². The molecule has 0 aliphatic heterocycles. The second-order valence-corrected chi connectivity index (χ2v) is 5.69. The highest BCUT2D eigenvalue weighted by molar-refractivity contribution is 5.79. The monoisotopic (exact) mass is 275 g/mol. The van der Waals surface area contributed by atoms with Gasteiger partial charge in [0.25, 0.3) is 0 Å². The van der Waals surface area contributed by atoms with Crippen molar-refractivity contribution in [2.24, 2.45) is 5.73 Å². The third-order valence-corrected chi connectivity index (χ3v) is 3.29. The molecule has 5 nitrogen and oxygen atoms in total. The SMILES string of the molecule is COC(=O)C(C)(N)CCCCOCCC(C)(C)OC. The Hall–Kier alpha value is -0.650. The molecule has 114 valence electrons. The van der Waals surface area contributed by atoms with Crippen LogP contribution in [0.5, 0.6) is 0 Å². The zero-order chi connectivity index (χ0) is 14.9. The Labute approximate surface area is 116 Å². The topological polar surface area (TPSA) is 70.8 Å². The number of hydrogen-bond acceptors (Lipinski definition) is 5. The van der Waals surface area contributed by atoms with Crippen LogP contribution in [-0.4, -0.2) is 44.5 Å². The van der Waals surface area contributed by atoms with Crippen molar-refractivity contribution >= 4 is 5.97 Å². The Bertz CT molecular complexity index is 264. The highest BCUT2D eigenvalue weighted by atomic mass is 16.5. The summed E-state index contributed by atoms with van der Waals surface area (Å²) in [4.78, 5) is 11.4. The Morgan fingerprint density at radius 3 is 2.21 bits per heavy atom. The average molecular weight is 275 g/mol. The molecule has 0 aliphatic carbocycles. The Balaban J connectivity index is 3.59. The summed E-state index contributed by atoms with van der Waals surface area (Å²) >= 11 is 0. The van der Waals surface area contributed by atoms with E-state index in [9.17, 15) is 4.79 Å². The largest absolute Gasteiger partial charge is 0.468 e. The van der Waals surface area contributed by atoms with Crippen molar-refractivity contribution in [3.8, 4) is 0 Å². The summed E-state index contributed by atoms with van der Waals surface area (Å²) in [6.45, 7) is 7.12. The second kappa shape index (κ2) is 8.51. The van der Waals surface area contributed by atoms with Crippen LogP contribution in [-0.2, 0) is 19.0 Å². The number of unbranched alkanes of at least 4 members (excludes halogenated alkanes) is 1. The molecule has 0 radical (unpaired) electrons. The molecule has 0 aromatic rings. The summed E-state index contributed by atoms with van der Waals surface area (Å²) in [6, 6.07) is 0. The molecule has 1 unspecified atom stereocenters. The standard InChI is InChI=1S/C14H29NO4/c1-13(2,18-5)9-11-19-10-7-6-8-14(3,15)12(16)17-4/h6-11,15H2,1-5H3. The zero-order valence-corrected chi connectivity index (χ0v) is 13.0. The van der Waals surface area contributed by atoms with E-state index in [1.54, 1.807) is 14.0 Å². The van der Waals surface area contributed by atoms with Gasteiger partial charge < -0.3 is 19.9 Å². The molecule has 0 spiro atoms. The van der Waals surface area contributed by atoms with Crippen molar-refractivity contribution in [2.45, 2.75) is 57.6 Å². The van der Waals surface area contributed by atoms with Crippen LogP contribution in [0.4, 0.5) is 0 Å². The zero-order valence-electron chi connectivity index (χ0n) is 13.0. The molecular weight excluding hydrogens is 246 g/mol. The quantitative estimate of drug-likeness (QED) is 0.487. The Kier molecular flexibility index (Phi) is 8.22. The van der Waals surface area contributed by atoms with Crippen molar-refractivity contribution in [1.82, 2.24) is 0 Å². The van der Waals surface area contributed by atoms with Gasteiger partial charge in [0.15, 0.2) is 0 Å². The van der Waals surface area contributed by atoms with Crippen molar-refractivity contribution in [1.29, 1.82) is 0 Å². The smallest absolute Gasteiger partial charge is 0.325 e. The molecule has 0 saturated carbocycles. The first kappa shape index (κ1) is 18.4. The first-order valence-electron chi connectivity index (χ1n) is 6.75. The van der Waals surface area contributed by atoms with Gasteiger partial charge in [-0.05, 0) is 46.5 Å². The van der Waals surface area contributed by atoms with Crippen LogP contribution in [0.2, 0.25) is 0 Å². The molecule has 1 atom stereocenters. The van der Waals surface area contributed by atoms with Crippen LogP contribution in [0.15, 0.2) is 0 Å². The van der Waals surface area contributed by atoms with Gasteiger partial charge in [0.1, 0.15) is 5.54 Å². The van der Waals surface area contributed by atoms with Gasteiger partial charge in [0.05, 0.1) is 12.7 Å². The average Bonchev–Trinajstić information content (AvgIpc) is 2.36. The molecule has 0 bridgehead atoms. The second-order valence-electron chi connectivity index (χ2n) is 5.69. The lowest BCUT2D eigenvalue weighted by molar-refractivity contribution is -0.146. The Morgan fingerprint density at radius 2 is 1.68 bits per heavy atom. The third kappa shape index (κ3) is 8.18. The van der Waals surface area contributed by atoms with E-state index in [2.05, 4.69) is 4.74 Å². The lowest BCUT2D eigenvalue weighted by Crippen LogP contribution is -2.45. The fraction of sp³-hybridized carbons (Fsp3) is 0.929. The molecule has 0 fully saturated rings. The van der Waals surface area contributed by atoms with Crippen LogP contribution >= 0.6 is 0 Å². The van der Waals surface area contributed by atoms with Gasteiger partial charge in [0.2, 0.25) is 0 Å². The van der Waals surface area contributed by atoms with Gasteiger partial charge in [0, 0.05) is 20.3 Å². The highest BCUT2D eigenvalue weighted by Crippen LogP contribution is 2.14. The minimum atomic E-state index is -0.896. The maximum atomic E-state index is 11.4. The molecule has 0 aromatic carbocycles. The van der Waals surface area contributed by atoms with Gasteiger partial charge in [-0.3, -0.25) is 4.79 Å². The minimum absolute atomic E-state index is 0.138. The van der Waals surface area contributed by atoms with Crippen LogP contribution < -0.4 is 5.73 Å². The molecule has 19 heavy (non-hydrogen) atoms. The number of ether oxygens (including phenoxy) is 3. The fourth-order valence-electron chi connectivity index (χ4n) is 1.55. The normalized spacial score (nSPS) is 15.1. The van der Waals surface area contributed by atoms with E-state index >= 15 is 0 Å². The summed E-state index contributed by atoms with van der Waals surface area (Å²) in [5, 5.41) is 0. The minimum Gasteiger partial charge on any atom is -0.468 e. The lowest BCUT2D eigenvalue weighted by Gasteiger charge is -2.22. The third-order valence-electron chi connectivity index (χ3n) is 3.29. The van der Waals surface area contributed by atoms with Gasteiger partial charge in [-0.15, -0.1) is 0 Å². The Morgan fingerprint density at radius 1 is 1.05 bits per heavy atom. The summed E-state index contributed by atoms with van der Waals surface area (Å²) in [7, 11) is 3.06. The fourth-order valence-corrected chi connectivity index (χ4v) is 1.55. The summed E-state index contributed by atoms with van der Waals surface area (Å²) in [5.74, 6) is -0.365. The van der Waals surface area contributed by atoms with Gasteiger partial charge in [-0.25, -0.2) is 0 Å². The summed E-state index contributed by atoms with van der Waals surface area (Å²) in [6.07, 6.45) is 3.19. The maximum absolute atomic E-state index is 11.4. The van der Waals surface area contributed by atoms with Gasteiger partial charge >= 0.3 is 5.97 Å². The number of esters is 1. The van der Waals surface area contributed by atoms with Crippen LogP contribution in [0.1, 0.15) is 46.5 Å². The number of rotatable bonds is 10. The molecule has 0 saturated heterocycles. The molecular formula is C14H29NO4. The van der Waals surface area contributed by atoms with E-state index in [1.807, 2.05) is 13.8 Å².